The molecule has 0 aliphatic carbocycles. The normalized spacial score (nSPS) is 11.7. The number of ether oxygens (including phenoxy) is 2. The Morgan fingerprint density at radius 1 is 1.14 bits per heavy atom. The number of guanidine groups is 1. The summed E-state index contributed by atoms with van der Waals surface area (Å²) in [6.45, 7) is 6.47. The number of benzene rings is 2. The van der Waals surface area contributed by atoms with Crippen molar-refractivity contribution in [3.63, 3.8) is 0 Å². The van der Waals surface area contributed by atoms with Crippen molar-refractivity contribution < 1.29 is 14.3 Å². The molecule has 0 radical (unpaired) electrons. The molecule has 1 amide bonds. The third kappa shape index (κ3) is 7.73. The van der Waals surface area contributed by atoms with Gasteiger partial charge in [-0.2, -0.15) is 0 Å². The number of nitrogens with one attached hydrogen (secondary N) is 1. The predicted molar refractivity (Wildman–Crippen MR) is 116 cm³/mol. The minimum absolute atomic E-state index is 0.326. The highest BCUT2D eigenvalue weighted by molar-refractivity contribution is 5.92. The van der Waals surface area contributed by atoms with Crippen molar-refractivity contribution in [2.45, 2.75) is 39.5 Å². The first-order valence-corrected chi connectivity index (χ1v) is 9.39. The van der Waals surface area contributed by atoms with E-state index in [-0.39, 0.29) is 6.09 Å². The van der Waals surface area contributed by atoms with Crippen molar-refractivity contribution in [3.8, 4) is 5.75 Å². The van der Waals surface area contributed by atoms with Gasteiger partial charge in [0.15, 0.2) is 5.96 Å². The first-order chi connectivity index (χ1) is 13.7. The van der Waals surface area contributed by atoms with E-state index in [0.717, 1.165) is 22.6 Å². The van der Waals surface area contributed by atoms with Gasteiger partial charge in [-0.1, -0.05) is 30.3 Å². The van der Waals surface area contributed by atoms with E-state index >= 15 is 0 Å². The summed E-state index contributed by atoms with van der Waals surface area (Å²) in [5, 5.41) is 3.05. The molecule has 0 saturated heterocycles. The lowest BCUT2D eigenvalue weighted by Crippen LogP contribution is -2.33. The third-order valence-electron chi connectivity index (χ3n) is 3.92. The minimum Gasteiger partial charge on any atom is -0.497 e. The highest BCUT2D eigenvalue weighted by Gasteiger charge is 2.19. The molecule has 2 aromatic carbocycles. The molecule has 0 fully saturated rings. The van der Waals surface area contributed by atoms with Gasteiger partial charge >= 0.3 is 6.09 Å². The van der Waals surface area contributed by atoms with Crippen LogP contribution in [0.25, 0.3) is 0 Å². The highest BCUT2D eigenvalue weighted by Crippen LogP contribution is 2.16. The van der Waals surface area contributed by atoms with Gasteiger partial charge in [0, 0.05) is 25.3 Å². The van der Waals surface area contributed by atoms with E-state index in [9.17, 15) is 4.79 Å². The molecule has 7 nitrogen and oxygen atoms in total. The van der Waals surface area contributed by atoms with Crippen LogP contribution in [0.5, 0.6) is 5.75 Å². The summed E-state index contributed by atoms with van der Waals surface area (Å²) >= 11 is 0. The summed E-state index contributed by atoms with van der Waals surface area (Å²) in [7, 11) is 3.34. The van der Waals surface area contributed by atoms with E-state index in [1.54, 1.807) is 19.1 Å². The van der Waals surface area contributed by atoms with Crippen LogP contribution in [0.4, 0.5) is 10.5 Å². The molecule has 0 spiro atoms. The van der Waals surface area contributed by atoms with E-state index in [1.807, 2.05) is 69.3 Å². The molecule has 29 heavy (non-hydrogen) atoms. The maximum absolute atomic E-state index is 12.1. The molecule has 2 aromatic rings. The van der Waals surface area contributed by atoms with Crippen molar-refractivity contribution in [2.24, 2.45) is 10.7 Å². The Kier molecular flexibility index (Phi) is 7.47. The number of hydrogen-bond donors (Lipinski definition) is 2. The van der Waals surface area contributed by atoms with Crippen LogP contribution in [0.15, 0.2) is 53.5 Å². The van der Waals surface area contributed by atoms with E-state index in [2.05, 4.69) is 10.3 Å². The second-order valence-electron chi connectivity index (χ2n) is 7.71. The van der Waals surface area contributed by atoms with Crippen LogP contribution in [0.2, 0.25) is 0 Å². The van der Waals surface area contributed by atoms with Gasteiger partial charge in [-0.25, -0.2) is 9.79 Å². The number of nitrogens with zero attached hydrogens (tertiary/aromatic N) is 2. The molecule has 0 saturated carbocycles. The number of carbonyl (C=O) groups is 1. The zero-order chi connectivity index (χ0) is 21.4. The lowest BCUT2D eigenvalue weighted by atomic mass is 10.1. The molecule has 7 heteroatoms. The molecule has 2 rings (SSSR count). The van der Waals surface area contributed by atoms with E-state index in [0.29, 0.717) is 19.0 Å². The summed E-state index contributed by atoms with van der Waals surface area (Å²) < 4.78 is 10.6. The number of amides is 1. The Morgan fingerprint density at radius 3 is 2.41 bits per heavy atom. The van der Waals surface area contributed by atoms with E-state index < -0.39 is 5.60 Å². The summed E-state index contributed by atoms with van der Waals surface area (Å²) in [5.74, 6) is 1.07. The molecular weight excluding hydrogens is 368 g/mol. The first kappa shape index (κ1) is 22.1. The van der Waals surface area contributed by atoms with Gasteiger partial charge < -0.3 is 25.4 Å². The van der Waals surface area contributed by atoms with Crippen LogP contribution in [0.1, 0.15) is 31.9 Å². The highest BCUT2D eigenvalue weighted by atomic mass is 16.6. The molecular formula is C22H30N4O3. The lowest BCUT2D eigenvalue weighted by molar-refractivity contribution is 0.0285. The van der Waals surface area contributed by atoms with Crippen LogP contribution in [0.3, 0.4) is 0 Å². The van der Waals surface area contributed by atoms with Crippen LogP contribution >= 0.6 is 0 Å². The number of aliphatic imine (C=N–C) groups is 1. The fraction of sp³-hybridized carbons (Fsp3) is 0.364. The van der Waals surface area contributed by atoms with Crippen LogP contribution in [-0.4, -0.2) is 36.7 Å². The van der Waals surface area contributed by atoms with Crippen molar-refractivity contribution in [3.05, 3.63) is 59.7 Å². The molecule has 0 atom stereocenters. The number of rotatable bonds is 6. The second-order valence-corrected chi connectivity index (χ2v) is 7.71. The van der Waals surface area contributed by atoms with E-state index in [4.69, 9.17) is 15.2 Å². The standard InChI is InChI=1S/C22H30N4O3/c1-22(2,3)29-21(27)26(4)15-17-11-9-16(10-12-17)14-24-20(23)25-18-7-6-8-19(13-18)28-5/h6-13H,14-15H2,1-5H3,(H3,23,24,25). The fourth-order valence-corrected chi connectivity index (χ4v) is 2.49. The van der Waals surface area contributed by atoms with Crippen LogP contribution < -0.4 is 15.8 Å². The quantitative estimate of drug-likeness (QED) is 0.567. The fourth-order valence-electron chi connectivity index (χ4n) is 2.49. The smallest absolute Gasteiger partial charge is 0.410 e. The van der Waals surface area contributed by atoms with Gasteiger partial charge in [0.2, 0.25) is 0 Å². The summed E-state index contributed by atoms with van der Waals surface area (Å²) in [5.41, 5.74) is 8.29. The summed E-state index contributed by atoms with van der Waals surface area (Å²) in [6, 6.07) is 15.4. The Bertz CT molecular complexity index is 842. The van der Waals surface area contributed by atoms with Gasteiger partial charge in [-0.15, -0.1) is 0 Å². The van der Waals surface area contributed by atoms with Gasteiger partial charge in [0.1, 0.15) is 11.4 Å². The van der Waals surface area contributed by atoms with Gasteiger partial charge in [-0.05, 0) is 44.0 Å². The van der Waals surface area contributed by atoms with Crippen molar-refractivity contribution in [1.29, 1.82) is 0 Å². The molecule has 156 valence electrons. The van der Waals surface area contributed by atoms with E-state index in [1.165, 1.54) is 0 Å². The van der Waals surface area contributed by atoms with Crippen LogP contribution in [-0.2, 0) is 17.8 Å². The number of nitrogens with two attached hydrogens (primary N) is 1. The topological polar surface area (TPSA) is 89.2 Å². The van der Waals surface area contributed by atoms with Crippen molar-refractivity contribution in [2.75, 3.05) is 19.5 Å². The SMILES string of the molecule is COc1cccc(NC(N)=NCc2ccc(CN(C)C(=O)OC(C)(C)C)cc2)c1. The van der Waals surface area contributed by atoms with Crippen molar-refractivity contribution >= 4 is 17.7 Å². The zero-order valence-electron chi connectivity index (χ0n) is 17.7. The zero-order valence-corrected chi connectivity index (χ0v) is 17.7. The average molecular weight is 399 g/mol. The van der Waals surface area contributed by atoms with Gasteiger partial charge in [0.25, 0.3) is 0 Å². The van der Waals surface area contributed by atoms with Crippen LogP contribution in [0, 0.1) is 0 Å². The molecule has 0 unspecified atom stereocenters. The Morgan fingerprint density at radius 2 is 1.79 bits per heavy atom. The largest absolute Gasteiger partial charge is 0.497 e. The molecule has 0 aromatic heterocycles. The van der Waals surface area contributed by atoms with Gasteiger partial charge in [-0.3, -0.25) is 0 Å². The maximum Gasteiger partial charge on any atom is 0.410 e. The number of anilines is 1. The minimum atomic E-state index is -0.508. The Labute approximate surface area is 172 Å². The lowest BCUT2D eigenvalue weighted by Gasteiger charge is -2.24. The number of carbonyl (C=O) groups excluding carboxylic acids is 1. The summed E-state index contributed by atoms with van der Waals surface area (Å²) in [6.07, 6.45) is -0.345. The van der Waals surface area contributed by atoms with Gasteiger partial charge in [0.05, 0.1) is 13.7 Å². The molecule has 0 aliphatic heterocycles. The third-order valence-corrected chi connectivity index (χ3v) is 3.92. The Balaban J connectivity index is 1.89. The molecule has 0 heterocycles. The summed E-state index contributed by atoms with van der Waals surface area (Å²) in [4.78, 5) is 18.0. The predicted octanol–water partition coefficient (Wildman–Crippen LogP) is 3.99. The average Bonchev–Trinajstić information content (AvgIpc) is 2.66. The maximum atomic E-state index is 12.1. The Hall–Kier alpha value is -3.22. The van der Waals surface area contributed by atoms with Crippen molar-refractivity contribution in [1.82, 2.24) is 4.90 Å². The first-order valence-electron chi connectivity index (χ1n) is 9.39. The molecule has 3 N–H and O–H groups in total. The number of hydrogen-bond acceptors (Lipinski definition) is 4. The monoisotopic (exact) mass is 398 g/mol. The second kappa shape index (κ2) is 9.82. The molecule has 0 bridgehead atoms. The number of methoxy groups -OCH3 is 1. The molecule has 0 aliphatic rings.